The SMILES string of the molecule is CC1=CC(=C(C#N)C#N)C=C(C)N1CCN1CCN(C(=O)Nc2ccc(F)cc2)CC1. The molecule has 1 saturated heterocycles. The van der Waals surface area contributed by atoms with Crippen molar-refractivity contribution in [2.75, 3.05) is 44.6 Å². The van der Waals surface area contributed by atoms with E-state index < -0.39 is 0 Å². The molecule has 31 heavy (non-hydrogen) atoms. The predicted molar refractivity (Wildman–Crippen MR) is 116 cm³/mol. The molecular weight excluding hydrogens is 395 g/mol. The fourth-order valence-electron chi connectivity index (χ4n) is 3.73. The summed E-state index contributed by atoms with van der Waals surface area (Å²) in [5.41, 5.74) is 3.34. The molecule has 1 aromatic rings. The molecule has 2 aliphatic heterocycles. The van der Waals surface area contributed by atoms with Crippen molar-refractivity contribution in [1.29, 1.82) is 10.5 Å². The summed E-state index contributed by atoms with van der Waals surface area (Å²) in [5, 5.41) is 21.0. The van der Waals surface area contributed by atoms with Gasteiger partial charge in [0, 0.05) is 61.9 Å². The second-order valence-corrected chi connectivity index (χ2v) is 7.54. The van der Waals surface area contributed by atoms with E-state index in [0.717, 1.165) is 37.6 Å². The van der Waals surface area contributed by atoms with Gasteiger partial charge < -0.3 is 15.1 Å². The van der Waals surface area contributed by atoms with Crippen molar-refractivity contribution in [2.24, 2.45) is 0 Å². The summed E-state index contributed by atoms with van der Waals surface area (Å²) < 4.78 is 13.0. The van der Waals surface area contributed by atoms with Gasteiger partial charge in [-0.25, -0.2) is 9.18 Å². The Bertz CT molecular complexity index is 966. The molecule has 0 unspecified atom stereocenters. The number of carbonyl (C=O) groups is 1. The number of benzene rings is 1. The Morgan fingerprint density at radius 1 is 1.00 bits per heavy atom. The number of piperazine rings is 1. The summed E-state index contributed by atoms with van der Waals surface area (Å²) in [4.78, 5) is 18.7. The number of rotatable bonds is 4. The van der Waals surface area contributed by atoms with E-state index in [0.29, 0.717) is 24.4 Å². The molecule has 0 aromatic heterocycles. The highest BCUT2D eigenvalue weighted by Crippen LogP contribution is 2.24. The van der Waals surface area contributed by atoms with Crippen LogP contribution in [0, 0.1) is 28.5 Å². The van der Waals surface area contributed by atoms with Crippen LogP contribution in [0.1, 0.15) is 13.8 Å². The Balaban J connectivity index is 1.49. The van der Waals surface area contributed by atoms with E-state index in [2.05, 4.69) is 15.1 Å². The van der Waals surface area contributed by atoms with Gasteiger partial charge in [0.2, 0.25) is 0 Å². The number of nitriles is 2. The van der Waals surface area contributed by atoms with Crippen LogP contribution in [0.15, 0.2) is 59.0 Å². The first kappa shape index (κ1) is 22.1. The average molecular weight is 420 g/mol. The zero-order chi connectivity index (χ0) is 22.4. The third kappa shape index (κ3) is 5.50. The maximum Gasteiger partial charge on any atom is 0.321 e. The molecule has 1 fully saturated rings. The number of urea groups is 1. The zero-order valence-electron chi connectivity index (χ0n) is 17.7. The van der Waals surface area contributed by atoms with E-state index >= 15 is 0 Å². The number of amides is 2. The molecule has 0 saturated carbocycles. The maximum absolute atomic E-state index is 13.0. The van der Waals surface area contributed by atoms with Gasteiger partial charge in [0.15, 0.2) is 0 Å². The highest BCUT2D eigenvalue weighted by molar-refractivity contribution is 5.89. The molecule has 8 heteroatoms. The third-order valence-corrected chi connectivity index (χ3v) is 5.49. The monoisotopic (exact) mass is 420 g/mol. The minimum absolute atomic E-state index is 0.119. The van der Waals surface area contributed by atoms with Crippen molar-refractivity contribution in [2.45, 2.75) is 13.8 Å². The highest BCUT2D eigenvalue weighted by atomic mass is 19.1. The van der Waals surface area contributed by atoms with E-state index in [9.17, 15) is 9.18 Å². The molecule has 0 spiro atoms. The lowest BCUT2D eigenvalue weighted by Crippen LogP contribution is -2.51. The number of nitrogens with one attached hydrogen (secondary N) is 1. The summed E-state index contributed by atoms with van der Waals surface area (Å²) in [6, 6.07) is 9.44. The van der Waals surface area contributed by atoms with E-state index in [1.54, 1.807) is 17.0 Å². The van der Waals surface area contributed by atoms with Gasteiger partial charge >= 0.3 is 6.03 Å². The summed E-state index contributed by atoms with van der Waals surface area (Å²) in [5.74, 6) is -0.335. The van der Waals surface area contributed by atoms with Crippen molar-refractivity contribution >= 4 is 11.7 Å². The Labute approximate surface area is 181 Å². The van der Waals surface area contributed by atoms with E-state index in [-0.39, 0.29) is 17.4 Å². The van der Waals surface area contributed by atoms with Crippen LogP contribution in [-0.4, -0.2) is 60.0 Å². The van der Waals surface area contributed by atoms with Gasteiger partial charge in [-0.05, 0) is 50.3 Å². The number of nitrogens with zero attached hydrogens (tertiary/aromatic N) is 5. The topological polar surface area (TPSA) is 86.4 Å². The minimum atomic E-state index is -0.335. The van der Waals surface area contributed by atoms with Gasteiger partial charge in [0.25, 0.3) is 0 Å². The number of anilines is 1. The highest BCUT2D eigenvalue weighted by Gasteiger charge is 2.22. The van der Waals surface area contributed by atoms with Crippen LogP contribution in [0.5, 0.6) is 0 Å². The minimum Gasteiger partial charge on any atom is -0.348 e. The van der Waals surface area contributed by atoms with Gasteiger partial charge in [0.1, 0.15) is 23.5 Å². The Morgan fingerprint density at radius 2 is 1.58 bits per heavy atom. The van der Waals surface area contributed by atoms with Crippen LogP contribution in [-0.2, 0) is 0 Å². The van der Waals surface area contributed by atoms with Crippen LogP contribution in [0.2, 0.25) is 0 Å². The van der Waals surface area contributed by atoms with Crippen LogP contribution in [0.3, 0.4) is 0 Å². The largest absolute Gasteiger partial charge is 0.348 e. The van der Waals surface area contributed by atoms with Gasteiger partial charge in [-0.2, -0.15) is 10.5 Å². The van der Waals surface area contributed by atoms with Gasteiger partial charge in [-0.3, -0.25) is 4.90 Å². The van der Waals surface area contributed by atoms with Crippen molar-refractivity contribution in [3.05, 3.63) is 64.8 Å². The lowest BCUT2D eigenvalue weighted by atomic mass is 10.0. The molecule has 2 amide bonds. The molecule has 2 aliphatic rings. The molecule has 0 atom stereocenters. The second kappa shape index (κ2) is 9.92. The fraction of sp³-hybridized carbons (Fsp3) is 0.348. The molecule has 160 valence electrons. The van der Waals surface area contributed by atoms with Crippen molar-refractivity contribution in [1.82, 2.24) is 14.7 Å². The van der Waals surface area contributed by atoms with Crippen molar-refractivity contribution in [3.63, 3.8) is 0 Å². The quantitative estimate of drug-likeness (QED) is 0.754. The summed E-state index contributed by atoms with van der Waals surface area (Å²) >= 11 is 0. The molecule has 1 aromatic carbocycles. The Morgan fingerprint density at radius 3 is 2.13 bits per heavy atom. The molecule has 1 N–H and O–H groups in total. The molecule has 3 rings (SSSR count). The molecule has 0 radical (unpaired) electrons. The molecular formula is C23H25FN6O. The van der Waals surface area contributed by atoms with Crippen LogP contribution < -0.4 is 5.32 Å². The van der Waals surface area contributed by atoms with Crippen molar-refractivity contribution in [3.8, 4) is 12.1 Å². The zero-order valence-corrected chi connectivity index (χ0v) is 17.7. The van der Waals surface area contributed by atoms with Crippen LogP contribution in [0.25, 0.3) is 0 Å². The third-order valence-electron chi connectivity index (χ3n) is 5.49. The van der Waals surface area contributed by atoms with E-state index in [1.165, 1.54) is 12.1 Å². The fourth-order valence-corrected chi connectivity index (χ4v) is 3.73. The molecule has 0 bridgehead atoms. The Kier molecular flexibility index (Phi) is 7.07. The summed E-state index contributed by atoms with van der Waals surface area (Å²) in [6.45, 7) is 8.36. The number of hydrogen-bond donors (Lipinski definition) is 1. The second-order valence-electron chi connectivity index (χ2n) is 7.54. The number of allylic oxidation sites excluding steroid dienone is 6. The molecule has 2 heterocycles. The molecule has 7 nitrogen and oxygen atoms in total. The Hall–Kier alpha value is -3.62. The summed E-state index contributed by atoms with van der Waals surface area (Å²) in [6.07, 6.45) is 3.74. The molecule has 0 aliphatic carbocycles. The first-order valence-electron chi connectivity index (χ1n) is 10.1. The van der Waals surface area contributed by atoms with Crippen molar-refractivity contribution < 1.29 is 9.18 Å². The van der Waals surface area contributed by atoms with Gasteiger partial charge in [-0.1, -0.05) is 0 Å². The summed E-state index contributed by atoms with van der Waals surface area (Å²) in [7, 11) is 0. The van der Waals surface area contributed by atoms with E-state index in [1.807, 2.05) is 38.1 Å². The predicted octanol–water partition coefficient (Wildman–Crippen LogP) is 3.44. The first-order valence-corrected chi connectivity index (χ1v) is 10.1. The van der Waals surface area contributed by atoms with Gasteiger partial charge in [-0.15, -0.1) is 0 Å². The lowest BCUT2D eigenvalue weighted by molar-refractivity contribution is 0.142. The number of carbonyl (C=O) groups excluding carboxylic acids is 1. The normalized spacial score (nSPS) is 16.7. The number of hydrogen-bond acceptors (Lipinski definition) is 5. The smallest absolute Gasteiger partial charge is 0.321 e. The van der Waals surface area contributed by atoms with Gasteiger partial charge in [0.05, 0.1) is 0 Å². The lowest BCUT2D eigenvalue weighted by Gasteiger charge is -2.37. The standard InChI is InChI=1S/C23H25FN6O/c1-17-13-19(20(15-25)16-26)14-18(2)30(17)12-9-28-7-10-29(11-8-28)23(31)27-22-5-3-21(24)4-6-22/h3-6,13-14H,7-12H2,1-2H3,(H,27,31). The maximum atomic E-state index is 13.0. The van der Waals surface area contributed by atoms with Crippen LogP contribution >= 0.6 is 0 Å². The van der Waals surface area contributed by atoms with E-state index in [4.69, 9.17) is 10.5 Å². The average Bonchev–Trinajstić information content (AvgIpc) is 2.76. The first-order chi connectivity index (χ1) is 14.9. The van der Waals surface area contributed by atoms with Crippen LogP contribution in [0.4, 0.5) is 14.9 Å². The number of halogens is 1.